The predicted octanol–water partition coefficient (Wildman–Crippen LogP) is 12.0. The smallest absolute Gasteiger partial charge is 0.176 e. The van der Waals surface area contributed by atoms with E-state index in [0.29, 0.717) is 88.0 Å². The number of hydrogen-bond donors (Lipinski definition) is 4. The van der Waals surface area contributed by atoms with Crippen molar-refractivity contribution in [1.29, 1.82) is 0 Å². The number of ether oxygens (including phenoxy) is 4. The molecule has 5 aromatic carbocycles. The first kappa shape index (κ1) is 83.3. The molecule has 18 heteroatoms. The summed E-state index contributed by atoms with van der Waals surface area (Å²) >= 11 is 0. The van der Waals surface area contributed by atoms with Crippen LogP contribution in [0.1, 0.15) is 176 Å². The van der Waals surface area contributed by atoms with E-state index < -0.39 is 36.0 Å². The zero-order chi connectivity index (χ0) is 74.8. The normalized spacial score (nSPS) is 26.6. The minimum atomic E-state index is -0.619. The van der Waals surface area contributed by atoms with Crippen molar-refractivity contribution >= 4 is 28.9 Å². The van der Waals surface area contributed by atoms with Crippen molar-refractivity contribution in [3.05, 3.63) is 192 Å². The molecule has 12 rings (SSSR count). The quantitative estimate of drug-likeness (QED) is 0.0315. The van der Waals surface area contributed by atoms with Gasteiger partial charge in [-0.15, -0.1) is 0 Å². The summed E-state index contributed by atoms with van der Waals surface area (Å²) in [5.41, 5.74) is 3.86. The molecule has 2 saturated heterocycles. The second-order valence-corrected chi connectivity index (χ2v) is 31.5. The Labute approximate surface area is 620 Å². The van der Waals surface area contributed by atoms with Gasteiger partial charge in [0.1, 0.15) is 0 Å². The number of rotatable bonds is 25. The number of Topliss-reactive ketones (excluding diaryl/α,β-unsaturated/α-hetero) is 5. The predicted molar refractivity (Wildman–Crippen MR) is 409 cm³/mol. The van der Waals surface area contributed by atoms with Crippen molar-refractivity contribution < 1.29 is 63.3 Å². The molecule has 104 heavy (non-hydrogen) atoms. The van der Waals surface area contributed by atoms with E-state index in [1.807, 2.05) is 224 Å². The minimum Gasteiger partial charge on any atom is -0.390 e. The number of allylic oxidation sites excluding steroid dienone is 2. The van der Waals surface area contributed by atoms with E-state index in [1.165, 1.54) is 12.8 Å². The minimum absolute atomic E-state index is 0.115. The van der Waals surface area contributed by atoms with Gasteiger partial charge >= 0.3 is 0 Å². The Bertz CT molecular complexity index is 3220. The fourth-order valence-electron chi connectivity index (χ4n) is 15.8. The van der Waals surface area contributed by atoms with E-state index in [4.69, 9.17) is 18.9 Å². The molecule has 0 aromatic heterocycles. The first-order valence-electron chi connectivity index (χ1n) is 38.2. The second kappa shape index (κ2) is 41.7. The first-order valence-corrected chi connectivity index (χ1v) is 38.2. The van der Waals surface area contributed by atoms with Crippen molar-refractivity contribution in [3.63, 3.8) is 0 Å². The number of aliphatic hydroxyl groups excluding tert-OH is 4. The number of hydrogen-bond acceptors (Lipinski definition) is 18. The van der Waals surface area contributed by atoms with Crippen molar-refractivity contribution in [2.75, 3.05) is 101 Å². The summed E-state index contributed by atoms with van der Waals surface area (Å²) in [7, 11) is 9.96. The maximum atomic E-state index is 12.3. The molecule has 6 fully saturated rings. The van der Waals surface area contributed by atoms with Crippen LogP contribution in [0.4, 0.5) is 0 Å². The molecule has 5 aromatic rings. The van der Waals surface area contributed by atoms with Gasteiger partial charge in [0.15, 0.2) is 40.5 Å². The third-order valence-corrected chi connectivity index (χ3v) is 21.0. The van der Waals surface area contributed by atoms with Gasteiger partial charge in [0, 0.05) is 60.5 Å². The highest BCUT2D eigenvalue weighted by Gasteiger charge is 2.46. The maximum Gasteiger partial charge on any atom is 0.176 e. The van der Waals surface area contributed by atoms with Crippen LogP contribution in [-0.2, 0) is 18.9 Å². The molecule has 4 N–H and O–H groups in total. The molecule has 0 amide bonds. The molecule has 5 aliphatic carbocycles. The Morgan fingerprint density at radius 1 is 0.317 bits per heavy atom. The zero-order valence-corrected chi connectivity index (χ0v) is 63.5. The number of likely N-dealkylation sites (N-methyl/N-ethyl adjacent to an activating group) is 5. The topological polar surface area (TPSA) is 219 Å². The Kier molecular flexibility index (Phi) is 33.4. The molecule has 5 unspecified atom stereocenters. The molecule has 13 atom stereocenters. The van der Waals surface area contributed by atoms with Crippen molar-refractivity contribution in [2.24, 2.45) is 29.6 Å². The van der Waals surface area contributed by atoms with Crippen LogP contribution < -0.4 is 0 Å². The van der Waals surface area contributed by atoms with Crippen molar-refractivity contribution in [2.45, 2.75) is 184 Å². The summed E-state index contributed by atoms with van der Waals surface area (Å²) < 4.78 is 23.9. The van der Waals surface area contributed by atoms with E-state index in [1.54, 1.807) is 0 Å². The summed E-state index contributed by atoms with van der Waals surface area (Å²) in [5.74, 6) is 2.47. The molecular formula is C86H121N5O13. The van der Waals surface area contributed by atoms with Crippen molar-refractivity contribution in [1.82, 2.24) is 24.5 Å². The van der Waals surface area contributed by atoms with Gasteiger partial charge in [-0.25, -0.2) is 0 Å². The van der Waals surface area contributed by atoms with Gasteiger partial charge in [0.25, 0.3) is 0 Å². The van der Waals surface area contributed by atoms with Gasteiger partial charge in [-0.05, 0) is 189 Å². The average Bonchev–Trinajstić information content (AvgIpc) is 1.66. The summed E-state index contributed by atoms with van der Waals surface area (Å²) in [6.45, 7) is 14.6. The fourth-order valence-corrected chi connectivity index (χ4v) is 15.8. The second-order valence-electron chi connectivity index (χ2n) is 31.5. The van der Waals surface area contributed by atoms with Crippen LogP contribution in [0.3, 0.4) is 0 Å². The number of nitrogens with zero attached hydrogens (tertiary/aromatic N) is 5. The molecule has 18 nitrogen and oxygen atoms in total. The summed E-state index contributed by atoms with van der Waals surface area (Å²) in [6, 6.07) is 47.2. The largest absolute Gasteiger partial charge is 0.390 e. The number of carbonyl (C=O) groups is 5. The van der Waals surface area contributed by atoms with Gasteiger partial charge in [0.05, 0.1) is 81.6 Å². The highest BCUT2D eigenvalue weighted by Crippen LogP contribution is 2.41. The van der Waals surface area contributed by atoms with Crippen LogP contribution in [0.2, 0.25) is 0 Å². The highest BCUT2D eigenvalue weighted by atomic mass is 16.8. The Morgan fingerprint density at radius 3 is 0.827 bits per heavy atom. The Morgan fingerprint density at radius 2 is 0.567 bits per heavy atom. The molecule has 0 radical (unpaired) electrons. The molecule has 0 spiro atoms. The van der Waals surface area contributed by atoms with Crippen LogP contribution in [-0.4, -0.2) is 235 Å². The number of ketones is 5. The lowest BCUT2D eigenvalue weighted by Crippen LogP contribution is -2.39. The fraction of sp³-hybridized carbons (Fsp3) is 0.570. The lowest BCUT2D eigenvalue weighted by atomic mass is 9.85. The molecule has 2 aliphatic heterocycles. The molecule has 2 heterocycles. The number of carbonyl (C=O) groups excluding carboxylic acids is 5. The molecule has 0 bridgehead atoms. The third-order valence-electron chi connectivity index (χ3n) is 21.0. The zero-order valence-electron chi connectivity index (χ0n) is 63.5. The van der Waals surface area contributed by atoms with E-state index >= 15 is 0 Å². The van der Waals surface area contributed by atoms with E-state index in [-0.39, 0.29) is 53.3 Å². The third kappa shape index (κ3) is 28.4. The molecule has 4 saturated carbocycles. The maximum absolute atomic E-state index is 12.3. The number of fused-ring (bicyclic) bond motifs is 2. The summed E-state index contributed by atoms with van der Waals surface area (Å²) in [6.07, 6.45) is 17.4. The molecular weight excluding hydrogens is 1310 g/mol. The molecule has 7 aliphatic rings. The average molecular weight is 1430 g/mol. The van der Waals surface area contributed by atoms with E-state index in [0.717, 1.165) is 118 Å². The van der Waals surface area contributed by atoms with Crippen LogP contribution in [0.5, 0.6) is 0 Å². The van der Waals surface area contributed by atoms with Gasteiger partial charge in [0.2, 0.25) is 0 Å². The molecule has 568 valence electrons. The van der Waals surface area contributed by atoms with Gasteiger partial charge < -0.3 is 39.4 Å². The van der Waals surface area contributed by atoms with Gasteiger partial charge in [-0.3, -0.25) is 48.5 Å². The lowest BCUT2D eigenvalue weighted by molar-refractivity contribution is -0.146. The van der Waals surface area contributed by atoms with E-state index in [2.05, 4.69) is 26.9 Å². The Balaban J connectivity index is 0.000000165. The summed E-state index contributed by atoms with van der Waals surface area (Å²) in [4.78, 5) is 71.2. The van der Waals surface area contributed by atoms with Crippen molar-refractivity contribution in [3.8, 4) is 0 Å². The summed E-state index contributed by atoms with van der Waals surface area (Å²) in [5, 5.41) is 38.4. The first-order chi connectivity index (χ1) is 49.7. The van der Waals surface area contributed by atoms with Crippen LogP contribution in [0, 0.1) is 29.6 Å². The van der Waals surface area contributed by atoms with Crippen LogP contribution in [0.25, 0.3) is 0 Å². The highest BCUT2D eigenvalue weighted by molar-refractivity contribution is 5.99. The van der Waals surface area contributed by atoms with Crippen LogP contribution in [0.15, 0.2) is 164 Å². The lowest BCUT2D eigenvalue weighted by Gasteiger charge is -2.32. The number of aliphatic hydroxyl groups is 4. The SMILES string of the molecule is CN(CC(=O)c1ccccc1)CC1CC=CCC1.CN(CC(=O)c1ccccc1)CC1CC[C@@H](O)[C@@H](O)C1.CN(CC(=O)c1ccccc1)CC1CC[C@@H]2OC(C)(C)O[C@@H]2C1.CN(CC(=O)c1ccccc1)CC1CC[C@H](O)[C@H](O)C1.CN(CC(=O)c1ccccc1)CC1CC[C@H]2OC(C)(C)O[C@H]2C1. The van der Waals surface area contributed by atoms with Crippen LogP contribution >= 0.6 is 0 Å². The Hall–Kier alpha value is -6.33. The van der Waals surface area contributed by atoms with Gasteiger partial charge in [-0.1, -0.05) is 164 Å². The monoisotopic (exact) mass is 1430 g/mol. The standard InChI is InChI=1S/2C19H27NO3.2C16H23NO3.C16H21NO/c2*1-19(2)22-17-10-9-14(11-18(17)23-19)12-20(3)13-16(21)15-7-5-4-6-8-15;2*1-17(10-12-7-8-14(18)15(19)9-12)11-16(20)13-5-3-2-4-6-13;1-17(12-14-8-4-2-5-9-14)13-16(18)15-10-6-3-7-11-15/h2*4-8,14,17-18H,9-13H2,1-3H3;2*2-6,12,14-15,18-19H,7-11H2,1H3;2-4,6-7,10-11,14H,5,8-9,12-13H2,1H3/t2*14?,17-,18+;2*12?,14-,15+;/m1010./s1. The van der Waals surface area contributed by atoms with Gasteiger partial charge in [-0.2, -0.15) is 0 Å². The number of benzene rings is 5. The van der Waals surface area contributed by atoms with E-state index in [9.17, 15) is 44.4 Å².